The summed E-state index contributed by atoms with van der Waals surface area (Å²) in [5, 5.41) is 0. The van der Waals surface area contributed by atoms with Crippen molar-refractivity contribution in [3.63, 3.8) is 0 Å². The highest BCUT2D eigenvalue weighted by atomic mass is 16.7. The van der Waals surface area contributed by atoms with E-state index in [-0.39, 0.29) is 54.6 Å². The van der Waals surface area contributed by atoms with Gasteiger partial charge in [0.05, 0.1) is 56.9 Å². The Kier molecular flexibility index (Phi) is 12.1. The summed E-state index contributed by atoms with van der Waals surface area (Å²) < 4.78 is 36.0. The van der Waals surface area contributed by atoms with Gasteiger partial charge in [-0.3, -0.25) is 0 Å². The molecule has 5 unspecified atom stereocenters. The van der Waals surface area contributed by atoms with Crippen molar-refractivity contribution < 1.29 is 28.4 Å². The molecule has 0 aromatic rings. The van der Waals surface area contributed by atoms with E-state index < -0.39 is 0 Å². The van der Waals surface area contributed by atoms with Crippen molar-refractivity contribution in [2.45, 2.75) is 92.2 Å². The molecule has 0 bridgehead atoms. The van der Waals surface area contributed by atoms with E-state index in [0.717, 1.165) is 0 Å². The Bertz CT molecular complexity index is 398. The van der Waals surface area contributed by atoms with Crippen molar-refractivity contribution in [1.82, 2.24) is 0 Å². The van der Waals surface area contributed by atoms with Gasteiger partial charge in [-0.15, -0.1) is 0 Å². The molecule has 28 heavy (non-hydrogen) atoms. The summed E-state index contributed by atoms with van der Waals surface area (Å²) in [5.74, 6) is 0.411. The Balaban J connectivity index is 3.08. The number of hydrogen-bond donors (Lipinski definition) is 0. The third-order valence-corrected chi connectivity index (χ3v) is 4.93. The summed E-state index contributed by atoms with van der Waals surface area (Å²) in [5.41, 5.74) is 0. The van der Waals surface area contributed by atoms with Gasteiger partial charge in [-0.25, -0.2) is 0 Å². The molecule has 1 rings (SSSR count). The highest BCUT2D eigenvalue weighted by Crippen LogP contribution is 2.38. The first-order valence-corrected chi connectivity index (χ1v) is 10.8. The van der Waals surface area contributed by atoms with Crippen LogP contribution in [0, 0.1) is 17.8 Å². The molecule has 1 saturated heterocycles. The summed E-state index contributed by atoms with van der Waals surface area (Å²) in [6.45, 7) is 18.7. The lowest BCUT2D eigenvalue weighted by Crippen LogP contribution is -2.55. The molecule has 6 nitrogen and oxygen atoms in total. The van der Waals surface area contributed by atoms with Crippen LogP contribution < -0.4 is 0 Å². The van der Waals surface area contributed by atoms with E-state index in [9.17, 15) is 0 Å². The largest absolute Gasteiger partial charge is 0.378 e. The molecular formula is C22H44O6. The van der Waals surface area contributed by atoms with Crippen LogP contribution >= 0.6 is 0 Å². The fourth-order valence-corrected chi connectivity index (χ4v) is 3.44. The van der Waals surface area contributed by atoms with Gasteiger partial charge in [0.1, 0.15) is 0 Å². The second kappa shape index (κ2) is 13.1. The monoisotopic (exact) mass is 404 g/mol. The molecule has 1 fully saturated rings. The Morgan fingerprint density at radius 3 is 1.39 bits per heavy atom. The minimum absolute atomic E-state index is 0.0715. The topological polar surface area (TPSA) is 55.4 Å². The van der Waals surface area contributed by atoms with Crippen LogP contribution in [0.3, 0.4) is 0 Å². The van der Waals surface area contributed by atoms with Crippen LogP contribution in [0.4, 0.5) is 0 Å². The van der Waals surface area contributed by atoms with Gasteiger partial charge in [0.2, 0.25) is 0 Å². The Hall–Kier alpha value is -0.240. The summed E-state index contributed by atoms with van der Waals surface area (Å²) >= 11 is 0. The fourth-order valence-electron chi connectivity index (χ4n) is 3.44. The lowest BCUT2D eigenvalue weighted by molar-refractivity contribution is -0.277. The van der Waals surface area contributed by atoms with Gasteiger partial charge < -0.3 is 28.4 Å². The van der Waals surface area contributed by atoms with Gasteiger partial charge in [-0.2, -0.15) is 0 Å². The third kappa shape index (κ3) is 9.06. The minimum atomic E-state index is -0.351. The second-order valence-electron chi connectivity index (χ2n) is 8.80. The summed E-state index contributed by atoms with van der Waals surface area (Å²) in [6, 6.07) is 0. The first-order chi connectivity index (χ1) is 13.1. The zero-order chi connectivity index (χ0) is 21.3. The maximum atomic E-state index is 6.35. The van der Waals surface area contributed by atoms with Crippen molar-refractivity contribution in [3.8, 4) is 0 Å². The minimum Gasteiger partial charge on any atom is -0.378 e. The second-order valence-corrected chi connectivity index (χ2v) is 8.80. The van der Waals surface area contributed by atoms with Crippen molar-refractivity contribution >= 4 is 0 Å². The number of rotatable bonds is 13. The van der Waals surface area contributed by atoms with E-state index in [2.05, 4.69) is 27.7 Å². The molecule has 5 atom stereocenters. The van der Waals surface area contributed by atoms with E-state index in [1.807, 2.05) is 27.7 Å². The van der Waals surface area contributed by atoms with E-state index >= 15 is 0 Å². The van der Waals surface area contributed by atoms with Gasteiger partial charge in [0.15, 0.2) is 6.29 Å². The molecule has 6 heteroatoms. The molecule has 0 aromatic carbocycles. The van der Waals surface area contributed by atoms with Crippen LogP contribution in [0.2, 0.25) is 0 Å². The molecule has 1 heterocycles. The highest BCUT2D eigenvalue weighted by Gasteiger charge is 2.46. The number of ether oxygens (including phenoxy) is 6. The van der Waals surface area contributed by atoms with E-state index in [1.54, 1.807) is 7.11 Å². The molecule has 0 N–H and O–H groups in total. The van der Waals surface area contributed by atoms with Crippen molar-refractivity contribution in [2.75, 3.05) is 33.5 Å². The van der Waals surface area contributed by atoms with Crippen LogP contribution in [0.5, 0.6) is 0 Å². The standard InChI is InChI=1S/C22H44O6/c1-14(2)24-10-18-19(11-25-15(3)4)21(13-27-17(7)8)28-22(23-9)20(18)12-26-16(5)6/h14-22H,10-13H2,1-9H3. The van der Waals surface area contributed by atoms with E-state index in [1.165, 1.54) is 0 Å². The zero-order valence-electron chi connectivity index (χ0n) is 19.5. The van der Waals surface area contributed by atoms with Crippen LogP contribution in [-0.2, 0) is 28.4 Å². The lowest BCUT2D eigenvalue weighted by Gasteiger charge is -2.47. The van der Waals surface area contributed by atoms with Crippen LogP contribution in [0.25, 0.3) is 0 Å². The van der Waals surface area contributed by atoms with Crippen LogP contribution in [0.15, 0.2) is 0 Å². The quantitative estimate of drug-likeness (QED) is 0.464. The van der Waals surface area contributed by atoms with Gasteiger partial charge in [0, 0.05) is 18.9 Å². The van der Waals surface area contributed by atoms with Gasteiger partial charge >= 0.3 is 0 Å². The molecule has 168 valence electrons. The number of methoxy groups -OCH3 is 1. The molecule has 0 amide bonds. The summed E-state index contributed by atoms with van der Waals surface area (Å²) in [7, 11) is 1.69. The SMILES string of the molecule is COC1OC(COC(C)C)C(COC(C)C)C(COC(C)C)C1COC(C)C. The predicted molar refractivity (Wildman–Crippen MR) is 110 cm³/mol. The highest BCUT2D eigenvalue weighted by molar-refractivity contribution is 4.90. The van der Waals surface area contributed by atoms with Crippen molar-refractivity contribution in [1.29, 1.82) is 0 Å². The molecule has 1 aliphatic heterocycles. The molecule has 0 saturated carbocycles. The Morgan fingerprint density at radius 2 is 0.964 bits per heavy atom. The van der Waals surface area contributed by atoms with E-state index in [4.69, 9.17) is 28.4 Å². The van der Waals surface area contributed by atoms with Crippen LogP contribution in [-0.4, -0.2) is 70.3 Å². The summed E-state index contributed by atoms with van der Waals surface area (Å²) in [4.78, 5) is 0. The molecule has 1 aliphatic rings. The lowest BCUT2D eigenvalue weighted by atomic mass is 9.76. The van der Waals surface area contributed by atoms with Gasteiger partial charge in [-0.05, 0) is 61.3 Å². The van der Waals surface area contributed by atoms with Crippen molar-refractivity contribution in [2.24, 2.45) is 17.8 Å². The normalized spacial score (nSPS) is 28.8. The molecule has 0 aliphatic carbocycles. The molecule has 0 aromatic heterocycles. The molecule has 0 spiro atoms. The first-order valence-electron chi connectivity index (χ1n) is 10.8. The van der Waals surface area contributed by atoms with Gasteiger partial charge in [-0.1, -0.05) is 0 Å². The first kappa shape index (κ1) is 25.8. The molecule has 0 radical (unpaired) electrons. The summed E-state index contributed by atoms with van der Waals surface area (Å²) in [6.07, 6.45) is 0.147. The van der Waals surface area contributed by atoms with E-state index in [0.29, 0.717) is 26.4 Å². The molecular weight excluding hydrogens is 360 g/mol. The maximum absolute atomic E-state index is 6.35. The Morgan fingerprint density at radius 1 is 0.571 bits per heavy atom. The zero-order valence-corrected chi connectivity index (χ0v) is 19.5. The van der Waals surface area contributed by atoms with Crippen molar-refractivity contribution in [3.05, 3.63) is 0 Å². The predicted octanol–water partition coefficient (Wildman–Crippen LogP) is 3.91. The van der Waals surface area contributed by atoms with Gasteiger partial charge in [0.25, 0.3) is 0 Å². The smallest absolute Gasteiger partial charge is 0.163 e. The Labute approximate surface area is 172 Å². The third-order valence-electron chi connectivity index (χ3n) is 4.93. The number of hydrogen-bond acceptors (Lipinski definition) is 6. The van der Waals surface area contributed by atoms with Crippen LogP contribution in [0.1, 0.15) is 55.4 Å². The maximum Gasteiger partial charge on any atom is 0.163 e. The average molecular weight is 405 g/mol. The average Bonchev–Trinajstić information content (AvgIpc) is 2.60. The fraction of sp³-hybridized carbons (Fsp3) is 1.00.